The lowest BCUT2D eigenvalue weighted by atomic mass is 10.0. The Morgan fingerprint density at radius 3 is 2.54 bits per heavy atom. The van der Waals surface area contributed by atoms with E-state index in [1.54, 1.807) is 25.1 Å². The van der Waals surface area contributed by atoms with Gasteiger partial charge in [0.15, 0.2) is 17.3 Å². The number of hydrogen-bond acceptors (Lipinski definition) is 4. The molecule has 0 saturated heterocycles. The standard InChI is InChI=1S/C21H21FO4/c1-4-16(23)20-15-9-17(24)19(25-11-12(2)3)10-18(15)26-21(20)13-5-7-14(22)8-6-13/h5-10,12,24H,4,11H2,1-3H3. The van der Waals surface area contributed by atoms with Crippen molar-refractivity contribution in [1.82, 2.24) is 0 Å². The molecule has 5 heteroatoms. The molecule has 136 valence electrons. The molecule has 3 aromatic rings. The lowest BCUT2D eigenvalue weighted by Crippen LogP contribution is -2.04. The molecule has 0 fully saturated rings. The lowest BCUT2D eigenvalue weighted by Gasteiger charge is -2.10. The number of phenolic OH excluding ortho intramolecular Hbond substituents is 1. The summed E-state index contributed by atoms with van der Waals surface area (Å²) >= 11 is 0. The highest BCUT2D eigenvalue weighted by Crippen LogP contribution is 2.40. The number of aromatic hydroxyl groups is 1. The molecule has 3 rings (SSSR count). The maximum Gasteiger partial charge on any atom is 0.167 e. The number of carbonyl (C=O) groups is 1. The zero-order valence-electron chi connectivity index (χ0n) is 15.0. The van der Waals surface area contributed by atoms with Crippen molar-refractivity contribution in [3.05, 3.63) is 47.8 Å². The fraction of sp³-hybridized carbons (Fsp3) is 0.286. The highest BCUT2D eigenvalue weighted by Gasteiger charge is 2.23. The topological polar surface area (TPSA) is 59.7 Å². The third kappa shape index (κ3) is 3.43. The van der Waals surface area contributed by atoms with Crippen LogP contribution in [0.3, 0.4) is 0 Å². The van der Waals surface area contributed by atoms with Crippen LogP contribution >= 0.6 is 0 Å². The van der Waals surface area contributed by atoms with Crippen LogP contribution in [0.4, 0.5) is 4.39 Å². The summed E-state index contributed by atoms with van der Waals surface area (Å²) in [5, 5.41) is 10.8. The van der Waals surface area contributed by atoms with Gasteiger partial charge in [0.05, 0.1) is 12.2 Å². The van der Waals surface area contributed by atoms with Gasteiger partial charge in [-0.3, -0.25) is 4.79 Å². The minimum absolute atomic E-state index is 0.0465. The summed E-state index contributed by atoms with van der Waals surface area (Å²) in [4.78, 5) is 12.5. The Bertz CT molecular complexity index is 939. The van der Waals surface area contributed by atoms with Gasteiger partial charge in [0.2, 0.25) is 0 Å². The first kappa shape index (κ1) is 18.0. The maximum absolute atomic E-state index is 13.2. The van der Waals surface area contributed by atoms with Crippen molar-refractivity contribution in [2.24, 2.45) is 5.92 Å². The van der Waals surface area contributed by atoms with Crippen molar-refractivity contribution in [2.75, 3.05) is 6.61 Å². The van der Waals surface area contributed by atoms with Crippen LogP contribution in [0.15, 0.2) is 40.8 Å². The Kier molecular flexibility index (Phi) is 4.98. The van der Waals surface area contributed by atoms with Crippen LogP contribution in [0.5, 0.6) is 11.5 Å². The highest BCUT2D eigenvalue weighted by molar-refractivity contribution is 6.12. The summed E-state index contributed by atoms with van der Waals surface area (Å²) < 4.78 is 24.8. The second-order valence-corrected chi connectivity index (χ2v) is 6.61. The first-order chi connectivity index (χ1) is 12.4. The minimum atomic E-state index is -0.366. The fourth-order valence-electron chi connectivity index (χ4n) is 2.74. The van der Waals surface area contributed by atoms with Gasteiger partial charge in [-0.1, -0.05) is 20.8 Å². The zero-order valence-corrected chi connectivity index (χ0v) is 15.0. The van der Waals surface area contributed by atoms with Crippen molar-refractivity contribution in [2.45, 2.75) is 27.2 Å². The molecule has 4 nitrogen and oxygen atoms in total. The molecule has 0 aliphatic rings. The van der Waals surface area contributed by atoms with E-state index in [2.05, 4.69) is 0 Å². The second-order valence-electron chi connectivity index (χ2n) is 6.61. The predicted octanol–water partition coefficient (Wildman–Crippen LogP) is 5.57. The van der Waals surface area contributed by atoms with Gasteiger partial charge in [-0.05, 0) is 36.2 Å². The van der Waals surface area contributed by atoms with E-state index in [1.165, 1.54) is 18.2 Å². The molecule has 0 spiro atoms. The molecule has 0 unspecified atom stereocenters. The molecule has 0 bridgehead atoms. The minimum Gasteiger partial charge on any atom is -0.504 e. The summed E-state index contributed by atoms with van der Waals surface area (Å²) in [6, 6.07) is 8.84. The molecule has 0 atom stereocenters. The summed E-state index contributed by atoms with van der Waals surface area (Å²) in [5.74, 6) is 0.449. The average molecular weight is 356 g/mol. The number of furan rings is 1. The van der Waals surface area contributed by atoms with E-state index >= 15 is 0 Å². The van der Waals surface area contributed by atoms with E-state index < -0.39 is 0 Å². The Morgan fingerprint density at radius 1 is 1.23 bits per heavy atom. The molecule has 0 radical (unpaired) electrons. The van der Waals surface area contributed by atoms with Gasteiger partial charge in [0, 0.05) is 23.4 Å². The molecule has 1 aromatic heterocycles. The first-order valence-electron chi connectivity index (χ1n) is 8.62. The number of phenols is 1. The van der Waals surface area contributed by atoms with Gasteiger partial charge in [-0.15, -0.1) is 0 Å². The molecule has 0 aliphatic carbocycles. The number of fused-ring (bicyclic) bond motifs is 1. The molecule has 0 saturated carbocycles. The normalized spacial score (nSPS) is 11.3. The van der Waals surface area contributed by atoms with Gasteiger partial charge in [-0.2, -0.15) is 0 Å². The van der Waals surface area contributed by atoms with Crippen LogP contribution < -0.4 is 4.74 Å². The maximum atomic E-state index is 13.2. The van der Waals surface area contributed by atoms with Crippen LogP contribution in [0, 0.1) is 11.7 Å². The Morgan fingerprint density at radius 2 is 1.92 bits per heavy atom. The zero-order chi connectivity index (χ0) is 18.8. The largest absolute Gasteiger partial charge is 0.504 e. The molecule has 0 amide bonds. The van der Waals surface area contributed by atoms with Crippen LogP contribution in [0.25, 0.3) is 22.3 Å². The SMILES string of the molecule is CCC(=O)c1c(-c2ccc(F)cc2)oc2cc(OCC(C)C)c(O)cc12. The Hall–Kier alpha value is -2.82. The number of ether oxygens (including phenoxy) is 1. The van der Waals surface area contributed by atoms with E-state index in [4.69, 9.17) is 9.15 Å². The second kappa shape index (κ2) is 7.20. The number of benzene rings is 2. The molecular weight excluding hydrogens is 335 g/mol. The fourth-order valence-corrected chi connectivity index (χ4v) is 2.74. The third-order valence-corrected chi connectivity index (χ3v) is 4.05. The molecule has 0 aliphatic heterocycles. The number of Topliss-reactive ketones (excluding diaryl/α,β-unsaturated/α-hetero) is 1. The summed E-state index contributed by atoms with van der Waals surface area (Å²) in [6.07, 6.45) is 0.287. The van der Waals surface area contributed by atoms with Crippen molar-refractivity contribution in [3.8, 4) is 22.8 Å². The monoisotopic (exact) mass is 356 g/mol. The van der Waals surface area contributed by atoms with E-state index in [-0.39, 0.29) is 23.8 Å². The third-order valence-electron chi connectivity index (χ3n) is 4.05. The van der Waals surface area contributed by atoms with Crippen LogP contribution in [0.1, 0.15) is 37.6 Å². The first-order valence-corrected chi connectivity index (χ1v) is 8.62. The Balaban J connectivity index is 2.17. The van der Waals surface area contributed by atoms with Crippen LogP contribution in [-0.2, 0) is 0 Å². The van der Waals surface area contributed by atoms with Crippen molar-refractivity contribution in [3.63, 3.8) is 0 Å². The number of carbonyl (C=O) groups excluding carboxylic acids is 1. The summed E-state index contributed by atoms with van der Waals surface area (Å²) in [5.41, 5.74) is 1.43. The smallest absolute Gasteiger partial charge is 0.167 e. The number of rotatable bonds is 6. The van der Waals surface area contributed by atoms with Gasteiger partial charge >= 0.3 is 0 Å². The van der Waals surface area contributed by atoms with Gasteiger partial charge in [-0.25, -0.2) is 4.39 Å². The Labute approximate surface area is 151 Å². The number of hydrogen-bond donors (Lipinski definition) is 1. The number of ketones is 1. The van der Waals surface area contributed by atoms with E-state index in [0.29, 0.717) is 46.1 Å². The summed E-state index contributed by atoms with van der Waals surface area (Å²) in [6.45, 7) is 6.22. The van der Waals surface area contributed by atoms with Gasteiger partial charge in [0.1, 0.15) is 17.2 Å². The number of halogens is 1. The highest BCUT2D eigenvalue weighted by atomic mass is 19.1. The van der Waals surface area contributed by atoms with Crippen LogP contribution in [0.2, 0.25) is 0 Å². The lowest BCUT2D eigenvalue weighted by molar-refractivity contribution is 0.0989. The van der Waals surface area contributed by atoms with E-state index in [1.807, 2.05) is 13.8 Å². The summed E-state index contributed by atoms with van der Waals surface area (Å²) in [7, 11) is 0. The predicted molar refractivity (Wildman–Crippen MR) is 98.2 cm³/mol. The van der Waals surface area contributed by atoms with Gasteiger partial charge < -0.3 is 14.3 Å². The molecule has 26 heavy (non-hydrogen) atoms. The molecule has 1 N–H and O–H groups in total. The van der Waals surface area contributed by atoms with Crippen molar-refractivity contribution in [1.29, 1.82) is 0 Å². The molecular formula is C21H21FO4. The van der Waals surface area contributed by atoms with Crippen LogP contribution in [-0.4, -0.2) is 17.5 Å². The molecule has 1 heterocycles. The van der Waals surface area contributed by atoms with E-state index in [9.17, 15) is 14.3 Å². The van der Waals surface area contributed by atoms with Gasteiger partial charge in [0.25, 0.3) is 0 Å². The van der Waals surface area contributed by atoms with Crippen molar-refractivity contribution >= 4 is 16.8 Å². The molecule has 2 aromatic carbocycles. The average Bonchev–Trinajstić information content (AvgIpc) is 2.97. The quantitative estimate of drug-likeness (QED) is 0.586. The van der Waals surface area contributed by atoms with E-state index in [0.717, 1.165) is 0 Å². The van der Waals surface area contributed by atoms with Crippen molar-refractivity contribution < 1.29 is 23.4 Å².